The van der Waals surface area contributed by atoms with Crippen molar-refractivity contribution in [2.75, 3.05) is 13.4 Å². The Hall–Kier alpha value is -0.770. The minimum Gasteiger partial charge on any atom is -0.480 e. The van der Waals surface area contributed by atoms with Crippen LogP contribution < -0.4 is 4.74 Å². The van der Waals surface area contributed by atoms with Gasteiger partial charge in [-0.05, 0) is 26.0 Å². The van der Waals surface area contributed by atoms with E-state index in [0.717, 1.165) is 16.6 Å². The minimum atomic E-state index is 0.646. The molecule has 1 heterocycles. The Morgan fingerprint density at radius 3 is 2.57 bits per heavy atom. The maximum Gasteiger partial charge on any atom is 0.230 e. The predicted octanol–water partition coefficient (Wildman–Crippen LogP) is 2.39. The monoisotopic (exact) mass is 210 g/mol. The predicted molar refractivity (Wildman–Crippen MR) is 57.1 cm³/mol. The lowest BCUT2D eigenvalue weighted by Gasteiger charge is -2.10. The number of rotatable bonds is 3. The number of aryl methyl sites for hydroxylation is 1. The van der Waals surface area contributed by atoms with Crippen LogP contribution in [-0.2, 0) is 0 Å². The average molecular weight is 210 g/mol. The number of ether oxygens (including phenoxy) is 1. The molecule has 0 N–H and O–H groups in total. The fourth-order valence-electron chi connectivity index (χ4n) is 1.52. The summed E-state index contributed by atoms with van der Waals surface area (Å²) in [7, 11) is 1.66. The van der Waals surface area contributed by atoms with Crippen LogP contribution in [-0.4, -0.2) is 23.3 Å². The summed E-state index contributed by atoms with van der Waals surface area (Å²) in [6.07, 6.45) is 4.56. The Balaban J connectivity index is 2.49. The van der Waals surface area contributed by atoms with Crippen LogP contribution in [0.15, 0.2) is 4.90 Å². The van der Waals surface area contributed by atoms with Crippen LogP contribution in [0, 0.1) is 6.92 Å². The van der Waals surface area contributed by atoms with Crippen LogP contribution in [0.25, 0.3) is 0 Å². The van der Waals surface area contributed by atoms with E-state index < -0.39 is 0 Å². The van der Waals surface area contributed by atoms with Gasteiger partial charge in [0, 0.05) is 5.92 Å². The zero-order valence-electron chi connectivity index (χ0n) is 8.70. The number of methoxy groups -OCH3 is 1. The SMILES string of the molecule is COc1nc(C)nc(C2CC2)c1SC. The van der Waals surface area contributed by atoms with Crippen LogP contribution in [0.5, 0.6) is 5.88 Å². The summed E-state index contributed by atoms with van der Waals surface area (Å²) in [5.41, 5.74) is 1.18. The number of aromatic nitrogens is 2. The van der Waals surface area contributed by atoms with Gasteiger partial charge in [-0.3, -0.25) is 0 Å². The summed E-state index contributed by atoms with van der Waals surface area (Å²) in [4.78, 5) is 9.89. The zero-order chi connectivity index (χ0) is 10.1. The molecule has 0 unspecified atom stereocenters. The first-order valence-electron chi connectivity index (χ1n) is 4.72. The second kappa shape index (κ2) is 3.77. The van der Waals surface area contributed by atoms with E-state index >= 15 is 0 Å². The minimum absolute atomic E-state index is 0.646. The molecule has 3 nitrogen and oxygen atoms in total. The van der Waals surface area contributed by atoms with Gasteiger partial charge in [-0.15, -0.1) is 11.8 Å². The number of hydrogen-bond donors (Lipinski definition) is 0. The summed E-state index contributed by atoms with van der Waals surface area (Å²) < 4.78 is 5.26. The normalized spacial score (nSPS) is 15.6. The first-order chi connectivity index (χ1) is 6.76. The van der Waals surface area contributed by atoms with Crippen LogP contribution in [0.2, 0.25) is 0 Å². The Labute approximate surface area is 88.3 Å². The molecule has 0 atom stereocenters. The summed E-state index contributed by atoms with van der Waals surface area (Å²) in [6.45, 7) is 1.92. The van der Waals surface area contributed by atoms with Gasteiger partial charge in [-0.2, -0.15) is 4.98 Å². The fourth-order valence-corrected chi connectivity index (χ4v) is 2.25. The van der Waals surface area contributed by atoms with E-state index in [4.69, 9.17) is 4.74 Å². The standard InChI is InChI=1S/C10H14N2OS/c1-6-11-8(7-4-5-7)9(14-3)10(12-6)13-2/h7H,4-5H2,1-3H3. The van der Waals surface area contributed by atoms with Gasteiger partial charge in [0.25, 0.3) is 0 Å². The Bertz CT molecular complexity index is 350. The third-order valence-corrected chi connectivity index (χ3v) is 3.13. The Morgan fingerprint density at radius 2 is 2.07 bits per heavy atom. The lowest BCUT2D eigenvalue weighted by Crippen LogP contribution is -2.01. The van der Waals surface area contributed by atoms with Crippen molar-refractivity contribution in [2.45, 2.75) is 30.6 Å². The van der Waals surface area contributed by atoms with Crippen molar-refractivity contribution in [1.82, 2.24) is 9.97 Å². The van der Waals surface area contributed by atoms with E-state index in [1.165, 1.54) is 18.5 Å². The molecule has 1 aliphatic rings. The summed E-state index contributed by atoms with van der Waals surface area (Å²) >= 11 is 1.67. The first kappa shape index (κ1) is 9.77. The van der Waals surface area contributed by atoms with Crippen molar-refractivity contribution in [2.24, 2.45) is 0 Å². The molecular formula is C10H14N2OS. The van der Waals surface area contributed by atoms with E-state index in [9.17, 15) is 0 Å². The molecule has 1 fully saturated rings. The lowest BCUT2D eigenvalue weighted by atomic mass is 10.3. The molecule has 0 bridgehead atoms. The molecule has 0 radical (unpaired) electrons. The Kier molecular flexibility index (Phi) is 2.63. The van der Waals surface area contributed by atoms with E-state index in [1.54, 1.807) is 18.9 Å². The lowest BCUT2D eigenvalue weighted by molar-refractivity contribution is 0.382. The molecule has 14 heavy (non-hydrogen) atoms. The molecule has 1 aromatic heterocycles. The summed E-state index contributed by atoms with van der Waals surface area (Å²) in [5.74, 6) is 2.18. The van der Waals surface area contributed by atoms with Gasteiger partial charge in [0.1, 0.15) is 5.82 Å². The maximum atomic E-state index is 5.26. The molecule has 0 amide bonds. The zero-order valence-corrected chi connectivity index (χ0v) is 9.52. The molecule has 0 aliphatic heterocycles. The third kappa shape index (κ3) is 1.71. The molecule has 1 aliphatic carbocycles. The molecule has 0 aromatic carbocycles. The quantitative estimate of drug-likeness (QED) is 0.717. The van der Waals surface area contributed by atoms with Gasteiger partial charge < -0.3 is 4.74 Å². The van der Waals surface area contributed by atoms with E-state index in [0.29, 0.717) is 5.92 Å². The van der Waals surface area contributed by atoms with Gasteiger partial charge in [0.15, 0.2) is 0 Å². The maximum absolute atomic E-state index is 5.26. The smallest absolute Gasteiger partial charge is 0.230 e. The highest BCUT2D eigenvalue weighted by Crippen LogP contribution is 2.44. The largest absolute Gasteiger partial charge is 0.480 e. The first-order valence-corrected chi connectivity index (χ1v) is 5.95. The van der Waals surface area contributed by atoms with Gasteiger partial charge in [0.05, 0.1) is 17.7 Å². The van der Waals surface area contributed by atoms with Crippen LogP contribution in [0.4, 0.5) is 0 Å². The van der Waals surface area contributed by atoms with Crippen LogP contribution >= 0.6 is 11.8 Å². The van der Waals surface area contributed by atoms with Crippen molar-refractivity contribution in [1.29, 1.82) is 0 Å². The van der Waals surface area contributed by atoms with Crippen LogP contribution in [0.3, 0.4) is 0 Å². The molecule has 1 saturated carbocycles. The summed E-state index contributed by atoms with van der Waals surface area (Å²) in [6, 6.07) is 0. The number of nitrogens with zero attached hydrogens (tertiary/aromatic N) is 2. The molecule has 1 aromatic rings. The van der Waals surface area contributed by atoms with Crippen molar-refractivity contribution >= 4 is 11.8 Å². The van der Waals surface area contributed by atoms with Gasteiger partial charge in [0.2, 0.25) is 5.88 Å². The molecule has 0 saturated heterocycles. The third-order valence-electron chi connectivity index (χ3n) is 2.33. The van der Waals surface area contributed by atoms with Crippen molar-refractivity contribution < 1.29 is 4.74 Å². The molecule has 0 spiro atoms. The van der Waals surface area contributed by atoms with Crippen molar-refractivity contribution in [3.63, 3.8) is 0 Å². The van der Waals surface area contributed by atoms with Gasteiger partial charge in [-0.1, -0.05) is 0 Å². The second-order valence-electron chi connectivity index (χ2n) is 3.47. The highest BCUT2D eigenvalue weighted by atomic mass is 32.2. The second-order valence-corrected chi connectivity index (χ2v) is 4.29. The van der Waals surface area contributed by atoms with Gasteiger partial charge >= 0.3 is 0 Å². The van der Waals surface area contributed by atoms with Gasteiger partial charge in [-0.25, -0.2) is 4.98 Å². The Morgan fingerprint density at radius 1 is 1.36 bits per heavy atom. The number of thioether (sulfide) groups is 1. The molecule has 76 valence electrons. The molecule has 2 rings (SSSR count). The highest BCUT2D eigenvalue weighted by molar-refractivity contribution is 7.98. The molecular weight excluding hydrogens is 196 g/mol. The number of hydrogen-bond acceptors (Lipinski definition) is 4. The van der Waals surface area contributed by atoms with E-state index in [2.05, 4.69) is 9.97 Å². The highest BCUT2D eigenvalue weighted by Gasteiger charge is 2.29. The summed E-state index contributed by atoms with van der Waals surface area (Å²) in [5, 5.41) is 0. The fraction of sp³-hybridized carbons (Fsp3) is 0.600. The van der Waals surface area contributed by atoms with Crippen molar-refractivity contribution in [3.8, 4) is 5.88 Å². The van der Waals surface area contributed by atoms with E-state index in [1.807, 2.05) is 13.2 Å². The molecule has 4 heteroatoms. The topological polar surface area (TPSA) is 35.0 Å². The average Bonchev–Trinajstić information content (AvgIpc) is 2.99. The van der Waals surface area contributed by atoms with E-state index in [-0.39, 0.29) is 0 Å². The van der Waals surface area contributed by atoms with Crippen LogP contribution in [0.1, 0.15) is 30.3 Å². The van der Waals surface area contributed by atoms with Crippen molar-refractivity contribution in [3.05, 3.63) is 11.5 Å².